The molecule has 1 aromatic rings. The van der Waals surface area contributed by atoms with E-state index in [0.717, 1.165) is 5.69 Å². The zero-order chi connectivity index (χ0) is 13.3. The van der Waals surface area contributed by atoms with Crippen molar-refractivity contribution in [3.8, 4) is 0 Å². The number of nitrogens with zero attached hydrogens (tertiary/aromatic N) is 3. The number of rotatable bonds is 2. The first-order valence-electron chi connectivity index (χ1n) is 6.01. The van der Waals surface area contributed by atoms with E-state index in [1.807, 2.05) is 6.92 Å². The molecule has 0 spiro atoms. The Labute approximate surface area is 105 Å². The molecular weight excluding hydrogens is 234 g/mol. The maximum absolute atomic E-state index is 12.2. The summed E-state index contributed by atoms with van der Waals surface area (Å²) in [4.78, 5) is 24.8. The summed E-state index contributed by atoms with van der Waals surface area (Å²) in [6.45, 7) is 2.86. The first-order valence-corrected chi connectivity index (χ1v) is 6.01. The molecule has 1 amide bonds. The number of likely N-dealkylation sites (tertiary alicyclic amines) is 1. The van der Waals surface area contributed by atoms with Crippen molar-refractivity contribution < 1.29 is 14.7 Å². The summed E-state index contributed by atoms with van der Waals surface area (Å²) in [6, 6.07) is 0. The Kier molecular flexibility index (Phi) is 3.36. The molecule has 2 rings (SSSR count). The molecule has 0 radical (unpaired) electrons. The Morgan fingerprint density at radius 3 is 2.44 bits per heavy atom. The molecule has 0 saturated carbocycles. The molecule has 6 heteroatoms. The van der Waals surface area contributed by atoms with Crippen molar-refractivity contribution in [3.63, 3.8) is 0 Å². The highest BCUT2D eigenvalue weighted by Gasteiger charge is 2.28. The van der Waals surface area contributed by atoms with E-state index in [2.05, 4.69) is 5.10 Å². The summed E-state index contributed by atoms with van der Waals surface area (Å²) in [5, 5.41) is 13.0. The third-order valence-corrected chi connectivity index (χ3v) is 3.60. The van der Waals surface area contributed by atoms with Crippen LogP contribution in [0.4, 0.5) is 0 Å². The molecule has 1 fully saturated rings. The minimum absolute atomic E-state index is 0.0514. The molecule has 0 unspecified atom stereocenters. The zero-order valence-corrected chi connectivity index (χ0v) is 10.6. The molecule has 98 valence electrons. The molecule has 0 bridgehead atoms. The lowest BCUT2D eigenvalue weighted by Gasteiger charge is -2.30. The second-order valence-electron chi connectivity index (χ2n) is 4.67. The predicted octanol–water partition coefficient (Wildman–Crippen LogP) is 0.665. The third-order valence-electron chi connectivity index (χ3n) is 3.60. The van der Waals surface area contributed by atoms with Gasteiger partial charge in [-0.05, 0) is 19.8 Å². The fourth-order valence-electron chi connectivity index (χ4n) is 2.21. The first-order chi connectivity index (χ1) is 8.50. The van der Waals surface area contributed by atoms with Gasteiger partial charge in [0.15, 0.2) is 0 Å². The lowest BCUT2D eigenvalue weighted by Crippen LogP contribution is -2.40. The van der Waals surface area contributed by atoms with Gasteiger partial charge in [0, 0.05) is 25.8 Å². The number of hydrogen-bond donors (Lipinski definition) is 1. The van der Waals surface area contributed by atoms with Crippen molar-refractivity contribution in [2.45, 2.75) is 19.8 Å². The molecule has 1 saturated heterocycles. The average molecular weight is 251 g/mol. The highest BCUT2D eigenvalue weighted by Crippen LogP contribution is 2.20. The van der Waals surface area contributed by atoms with E-state index < -0.39 is 5.97 Å². The highest BCUT2D eigenvalue weighted by molar-refractivity contribution is 5.95. The van der Waals surface area contributed by atoms with Gasteiger partial charge in [0.1, 0.15) is 0 Å². The van der Waals surface area contributed by atoms with Crippen LogP contribution < -0.4 is 0 Å². The van der Waals surface area contributed by atoms with E-state index in [1.54, 1.807) is 22.8 Å². The molecule has 6 nitrogen and oxygen atoms in total. The van der Waals surface area contributed by atoms with Crippen LogP contribution in [0.1, 0.15) is 28.9 Å². The van der Waals surface area contributed by atoms with E-state index in [0.29, 0.717) is 31.5 Å². The van der Waals surface area contributed by atoms with Crippen LogP contribution in [0.3, 0.4) is 0 Å². The van der Waals surface area contributed by atoms with Gasteiger partial charge in [-0.3, -0.25) is 14.3 Å². The summed E-state index contributed by atoms with van der Waals surface area (Å²) >= 11 is 0. The molecular formula is C12H17N3O3. The molecule has 18 heavy (non-hydrogen) atoms. The van der Waals surface area contributed by atoms with Crippen LogP contribution in [0.25, 0.3) is 0 Å². The Bertz CT molecular complexity index is 473. The number of hydrogen-bond acceptors (Lipinski definition) is 3. The van der Waals surface area contributed by atoms with Crippen molar-refractivity contribution in [1.29, 1.82) is 0 Å². The van der Waals surface area contributed by atoms with E-state index in [9.17, 15) is 9.59 Å². The predicted molar refractivity (Wildman–Crippen MR) is 64.2 cm³/mol. The van der Waals surface area contributed by atoms with Gasteiger partial charge in [-0.1, -0.05) is 0 Å². The Morgan fingerprint density at radius 2 is 2.00 bits per heavy atom. The number of carboxylic acid groups (broad SMARTS) is 1. The van der Waals surface area contributed by atoms with Crippen molar-refractivity contribution in [2.24, 2.45) is 13.0 Å². The fraction of sp³-hybridized carbons (Fsp3) is 0.583. The first kappa shape index (κ1) is 12.6. The Hall–Kier alpha value is -1.85. The normalized spacial score (nSPS) is 16.9. The standard InChI is InChI=1S/C12H17N3O3/c1-8-10(7-13-14(8)2)11(16)15-5-3-9(4-6-15)12(17)18/h7,9H,3-6H2,1-2H3,(H,17,18). The van der Waals surface area contributed by atoms with Crippen molar-refractivity contribution >= 4 is 11.9 Å². The van der Waals surface area contributed by atoms with Crippen LogP contribution in [-0.2, 0) is 11.8 Å². The Morgan fingerprint density at radius 1 is 1.39 bits per heavy atom. The number of piperidine rings is 1. The lowest BCUT2D eigenvalue weighted by atomic mass is 9.96. The largest absolute Gasteiger partial charge is 0.481 e. The second-order valence-corrected chi connectivity index (χ2v) is 4.67. The maximum Gasteiger partial charge on any atom is 0.306 e. The van der Waals surface area contributed by atoms with E-state index >= 15 is 0 Å². The topological polar surface area (TPSA) is 75.4 Å². The van der Waals surface area contributed by atoms with Gasteiger partial charge in [-0.15, -0.1) is 0 Å². The SMILES string of the molecule is Cc1c(C(=O)N2CCC(C(=O)O)CC2)cnn1C. The van der Waals surface area contributed by atoms with Crippen LogP contribution in [0.5, 0.6) is 0 Å². The van der Waals surface area contributed by atoms with Crippen LogP contribution in [0.2, 0.25) is 0 Å². The summed E-state index contributed by atoms with van der Waals surface area (Å²) < 4.78 is 1.66. The number of aromatic nitrogens is 2. The molecule has 1 aromatic heterocycles. The minimum Gasteiger partial charge on any atom is -0.481 e. The van der Waals surface area contributed by atoms with Crippen molar-refractivity contribution in [1.82, 2.24) is 14.7 Å². The van der Waals surface area contributed by atoms with Crippen LogP contribution in [0.15, 0.2) is 6.20 Å². The van der Waals surface area contributed by atoms with Gasteiger partial charge in [0.2, 0.25) is 0 Å². The molecule has 1 aliphatic rings. The number of amides is 1. The number of carbonyl (C=O) groups is 2. The van der Waals surface area contributed by atoms with E-state index in [-0.39, 0.29) is 11.8 Å². The second kappa shape index (κ2) is 4.80. The monoisotopic (exact) mass is 251 g/mol. The minimum atomic E-state index is -0.764. The molecule has 0 aromatic carbocycles. The average Bonchev–Trinajstić information content (AvgIpc) is 2.69. The van der Waals surface area contributed by atoms with Crippen molar-refractivity contribution in [2.75, 3.05) is 13.1 Å². The Balaban J connectivity index is 2.04. The van der Waals surface area contributed by atoms with Crippen LogP contribution in [-0.4, -0.2) is 44.8 Å². The number of aryl methyl sites for hydroxylation is 1. The quantitative estimate of drug-likeness (QED) is 0.838. The summed E-state index contributed by atoms with van der Waals surface area (Å²) in [7, 11) is 1.79. The summed E-state index contributed by atoms with van der Waals surface area (Å²) in [5.41, 5.74) is 1.44. The smallest absolute Gasteiger partial charge is 0.306 e. The molecule has 1 N–H and O–H groups in total. The van der Waals surface area contributed by atoms with Crippen LogP contribution >= 0.6 is 0 Å². The highest BCUT2D eigenvalue weighted by atomic mass is 16.4. The van der Waals surface area contributed by atoms with Gasteiger partial charge in [-0.2, -0.15) is 5.10 Å². The van der Waals surface area contributed by atoms with Crippen molar-refractivity contribution in [3.05, 3.63) is 17.5 Å². The molecule has 0 aliphatic carbocycles. The van der Waals surface area contributed by atoms with Gasteiger partial charge in [0.25, 0.3) is 5.91 Å². The maximum atomic E-state index is 12.2. The molecule has 1 aliphatic heterocycles. The summed E-state index contributed by atoms with van der Waals surface area (Å²) in [6.07, 6.45) is 2.63. The van der Waals surface area contributed by atoms with E-state index in [1.165, 1.54) is 0 Å². The van der Waals surface area contributed by atoms with Gasteiger partial charge in [0.05, 0.1) is 17.7 Å². The third kappa shape index (κ3) is 2.23. The van der Waals surface area contributed by atoms with Gasteiger partial charge in [-0.25, -0.2) is 0 Å². The number of aliphatic carboxylic acids is 1. The fourth-order valence-corrected chi connectivity index (χ4v) is 2.21. The molecule has 0 atom stereocenters. The zero-order valence-electron chi connectivity index (χ0n) is 10.6. The van der Waals surface area contributed by atoms with Gasteiger partial charge >= 0.3 is 5.97 Å². The van der Waals surface area contributed by atoms with E-state index in [4.69, 9.17) is 5.11 Å². The number of carboxylic acids is 1. The summed E-state index contributed by atoms with van der Waals surface area (Å²) in [5.74, 6) is -1.13. The van der Waals surface area contributed by atoms with Crippen LogP contribution in [0, 0.1) is 12.8 Å². The lowest BCUT2D eigenvalue weighted by molar-refractivity contribution is -0.143. The van der Waals surface area contributed by atoms with Gasteiger partial charge < -0.3 is 10.0 Å². The number of carbonyl (C=O) groups excluding carboxylic acids is 1. The molecule has 2 heterocycles.